The molecule has 186 valence electrons. The van der Waals surface area contributed by atoms with E-state index in [0.717, 1.165) is 32.6 Å². The molecule has 0 spiro atoms. The summed E-state index contributed by atoms with van der Waals surface area (Å²) in [7, 11) is 0. The van der Waals surface area contributed by atoms with Crippen molar-refractivity contribution < 1.29 is 34.8 Å². The van der Waals surface area contributed by atoms with Gasteiger partial charge >= 0.3 is 17.9 Å². The van der Waals surface area contributed by atoms with Crippen LogP contribution in [-0.4, -0.2) is 79.9 Å². The normalized spacial score (nSPS) is 20.3. The quantitative estimate of drug-likeness (QED) is 0.366. The molecule has 9 nitrogen and oxygen atoms in total. The Kier molecular flexibility index (Phi) is 9.87. The fourth-order valence-electron chi connectivity index (χ4n) is 3.83. The van der Waals surface area contributed by atoms with Gasteiger partial charge in [0.25, 0.3) is 0 Å². The maximum atomic E-state index is 10.3. The topological polar surface area (TPSA) is 147 Å². The minimum atomic E-state index is -2.74. The van der Waals surface area contributed by atoms with Gasteiger partial charge in [-0.25, -0.2) is 4.79 Å². The van der Waals surface area contributed by atoms with Crippen LogP contribution in [0, 0.1) is 13.8 Å². The van der Waals surface area contributed by atoms with Gasteiger partial charge in [-0.15, -0.1) is 0 Å². The highest BCUT2D eigenvalue weighted by atomic mass is 32.2. The number of aliphatic carboxylic acids is 3. The third-order valence-electron chi connectivity index (χ3n) is 5.57. The van der Waals surface area contributed by atoms with Crippen molar-refractivity contribution in [3.63, 3.8) is 0 Å². The first-order chi connectivity index (χ1) is 16.0. The minimum Gasteiger partial charge on any atom is -0.481 e. The highest BCUT2D eigenvalue weighted by molar-refractivity contribution is 8.00. The standard InChI is InChI=1S/C18H24N2S.C6H8O7/c1-15-6-7-17(16(2)14-15)21-18(8-4-3-5-9-18)20-12-10-19-11-13-20;7-3(8)1-6(13,5(11)12)2-4(9)10/h3-8,14,19H,9-13H2,1-2H3;13H,1-2H2,(H,7,8)(H,9,10)(H,11,12). The van der Waals surface area contributed by atoms with Crippen molar-refractivity contribution in [3.05, 3.63) is 53.6 Å². The van der Waals surface area contributed by atoms with E-state index in [0.29, 0.717) is 0 Å². The van der Waals surface area contributed by atoms with E-state index in [4.69, 9.17) is 20.4 Å². The van der Waals surface area contributed by atoms with E-state index in [9.17, 15) is 14.4 Å². The van der Waals surface area contributed by atoms with Crippen molar-refractivity contribution in [3.8, 4) is 0 Å². The number of allylic oxidation sites excluding steroid dienone is 2. The molecule has 0 amide bonds. The first-order valence-electron chi connectivity index (χ1n) is 10.9. The Morgan fingerprint density at radius 2 is 1.68 bits per heavy atom. The molecule has 1 unspecified atom stereocenters. The number of rotatable bonds is 8. The molecule has 10 heteroatoms. The molecular weight excluding hydrogens is 460 g/mol. The zero-order valence-corrected chi connectivity index (χ0v) is 20.2. The molecule has 3 rings (SSSR count). The number of carboxylic acid groups (broad SMARTS) is 3. The Labute approximate surface area is 203 Å². The highest BCUT2D eigenvalue weighted by Crippen LogP contribution is 2.43. The fourth-order valence-corrected chi connectivity index (χ4v) is 5.20. The molecule has 0 bridgehead atoms. The van der Waals surface area contributed by atoms with Crippen LogP contribution in [0.15, 0.2) is 47.4 Å². The summed E-state index contributed by atoms with van der Waals surface area (Å²) in [5.74, 6) is -5.02. The number of nitrogens with zero attached hydrogens (tertiary/aromatic N) is 1. The molecule has 1 aliphatic heterocycles. The van der Waals surface area contributed by atoms with Crippen LogP contribution in [-0.2, 0) is 14.4 Å². The maximum absolute atomic E-state index is 10.3. The first kappa shape index (κ1) is 27.6. The summed E-state index contributed by atoms with van der Waals surface area (Å²) in [5.41, 5.74) is -0.0119. The number of aliphatic hydroxyl groups is 1. The number of thioether (sulfide) groups is 1. The number of carboxylic acids is 3. The van der Waals surface area contributed by atoms with Crippen LogP contribution < -0.4 is 5.32 Å². The molecule has 1 aromatic carbocycles. The summed E-state index contributed by atoms with van der Waals surface area (Å²) in [4.78, 5) is 34.6. The van der Waals surface area contributed by atoms with Gasteiger partial charge in [0, 0.05) is 31.1 Å². The van der Waals surface area contributed by atoms with Gasteiger partial charge in [-0.05, 0) is 31.9 Å². The lowest BCUT2D eigenvalue weighted by Crippen LogP contribution is -2.53. The van der Waals surface area contributed by atoms with E-state index in [1.807, 2.05) is 11.8 Å². The van der Waals surface area contributed by atoms with Crippen molar-refractivity contribution in [1.29, 1.82) is 0 Å². The molecule has 1 heterocycles. The molecule has 1 saturated heterocycles. The van der Waals surface area contributed by atoms with Gasteiger partial charge in [0.05, 0.1) is 17.7 Å². The van der Waals surface area contributed by atoms with Crippen molar-refractivity contribution >= 4 is 29.7 Å². The molecule has 0 radical (unpaired) electrons. The number of carbonyl (C=O) groups is 3. The summed E-state index contributed by atoms with van der Waals surface area (Å²) >= 11 is 2.01. The molecule has 34 heavy (non-hydrogen) atoms. The average molecular weight is 493 g/mol. The van der Waals surface area contributed by atoms with Crippen LogP contribution in [0.25, 0.3) is 0 Å². The SMILES string of the molecule is Cc1ccc(SC2(N3CCNCC3)C=CC=CC2)c(C)c1.O=C(O)CC(O)(CC(=O)O)C(=O)O. The molecule has 5 N–H and O–H groups in total. The molecule has 1 aromatic rings. The predicted molar refractivity (Wildman–Crippen MR) is 129 cm³/mol. The molecule has 0 aromatic heterocycles. The smallest absolute Gasteiger partial charge is 0.336 e. The zero-order valence-electron chi connectivity index (χ0n) is 19.4. The summed E-state index contributed by atoms with van der Waals surface area (Å²) in [6, 6.07) is 6.80. The van der Waals surface area contributed by atoms with Crippen LogP contribution >= 0.6 is 11.8 Å². The van der Waals surface area contributed by atoms with Crippen LogP contribution in [0.1, 0.15) is 30.4 Å². The lowest BCUT2D eigenvalue weighted by atomic mass is 9.96. The summed E-state index contributed by atoms with van der Waals surface area (Å²) in [6.45, 7) is 8.81. The number of hydrogen-bond acceptors (Lipinski definition) is 7. The lowest BCUT2D eigenvalue weighted by Gasteiger charge is -2.44. The number of nitrogens with one attached hydrogen (secondary N) is 1. The van der Waals surface area contributed by atoms with Crippen LogP contribution in [0.4, 0.5) is 0 Å². The van der Waals surface area contributed by atoms with E-state index >= 15 is 0 Å². The largest absolute Gasteiger partial charge is 0.481 e. The average Bonchev–Trinajstić information content (AvgIpc) is 2.76. The number of aryl methyl sites for hydroxylation is 2. The Bertz CT molecular complexity index is 941. The molecule has 1 aliphatic carbocycles. The minimum absolute atomic E-state index is 0.0802. The Morgan fingerprint density at radius 1 is 1.06 bits per heavy atom. The van der Waals surface area contributed by atoms with E-state index in [-0.39, 0.29) is 4.87 Å². The Morgan fingerprint density at radius 3 is 2.15 bits per heavy atom. The second-order valence-corrected chi connectivity index (χ2v) is 9.77. The Balaban J connectivity index is 0.000000273. The molecular formula is C24H32N2O7S. The van der Waals surface area contributed by atoms with Crippen molar-refractivity contribution in [1.82, 2.24) is 10.2 Å². The van der Waals surface area contributed by atoms with E-state index in [1.54, 1.807) is 0 Å². The van der Waals surface area contributed by atoms with Crippen molar-refractivity contribution in [2.45, 2.75) is 48.5 Å². The van der Waals surface area contributed by atoms with Gasteiger partial charge in [-0.1, -0.05) is 53.8 Å². The molecule has 1 fully saturated rings. The molecule has 2 aliphatic rings. The van der Waals surface area contributed by atoms with Gasteiger partial charge < -0.3 is 25.7 Å². The summed E-state index contributed by atoms with van der Waals surface area (Å²) in [6.07, 6.45) is 7.87. The maximum Gasteiger partial charge on any atom is 0.336 e. The number of piperazine rings is 1. The van der Waals surface area contributed by atoms with Gasteiger partial charge in [0.1, 0.15) is 0 Å². The van der Waals surface area contributed by atoms with E-state index in [1.165, 1.54) is 16.0 Å². The number of benzene rings is 1. The lowest BCUT2D eigenvalue weighted by molar-refractivity contribution is -0.170. The van der Waals surface area contributed by atoms with Crippen LogP contribution in [0.2, 0.25) is 0 Å². The number of hydrogen-bond donors (Lipinski definition) is 5. The van der Waals surface area contributed by atoms with E-state index in [2.05, 4.69) is 66.6 Å². The second-order valence-electron chi connectivity index (χ2n) is 8.42. The fraction of sp³-hybridized carbons (Fsp3) is 0.458. The summed E-state index contributed by atoms with van der Waals surface area (Å²) in [5, 5.41) is 37.3. The first-order valence-corrected chi connectivity index (χ1v) is 11.7. The highest BCUT2D eigenvalue weighted by Gasteiger charge is 2.41. The van der Waals surface area contributed by atoms with Gasteiger partial charge in [0.15, 0.2) is 5.60 Å². The van der Waals surface area contributed by atoms with Crippen LogP contribution in [0.3, 0.4) is 0 Å². The monoisotopic (exact) mass is 492 g/mol. The predicted octanol–water partition coefficient (Wildman–Crippen LogP) is 2.26. The second kappa shape index (κ2) is 12.2. The molecule has 1 atom stereocenters. The Hall–Kier alpha value is -2.66. The third-order valence-corrected chi connectivity index (χ3v) is 7.16. The summed E-state index contributed by atoms with van der Waals surface area (Å²) < 4.78 is 0. The van der Waals surface area contributed by atoms with Crippen LogP contribution in [0.5, 0.6) is 0 Å². The van der Waals surface area contributed by atoms with Crippen molar-refractivity contribution in [2.75, 3.05) is 26.2 Å². The van der Waals surface area contributed by atoms with Gasteiger partial charge in [-0.2, -0.15) is 0 Å². The molecule has 0 saturated carbocycles. The third kappa shape index (κ3) is 7.69. The van der Waals surface area contributed by atoms with Gasteiger partial charge in [0.2, 0.25) is 0 Å². The van der Waals surface area contributed by atoms with Crippen molar-refractivity contribution in [2.24, 2.45) is 0 Å². The zero-order chi connectivity index (χ0) is 25.4. The van der Waals surface area contributed by atoms with E-state index < -0.39 is 36.4 Å². The van der Waals surface area contributed by atoms with Gasteiger partial charge in [-0.3, -0.25) is 14.5 Å².